The maximum absolute atomic E-state index is 12.3. The monoisotopic (exact) mass is 358 g/mol. The number of anilines is 1. The van der Waals surface area contributed by atoms with Gasteiger partial charge in [-0.15, -0.1) is 0 Å². The molecule has 2 aromatic rings. The van der Waals surface area contributed by atoms with Crippen molar-refractivity contribution in [2.45, 2.75) is 18.9 Å². The summed E-state index contributed by atoms with van der Waals surface area (Å²) in [6, 6.07) is 14.4. The molecule has 0 bridgehead atoms. The van der Waals surface area contributed by atoms with Crippen LogP contribution in [-0.2, 0) is 0 Å². The molecule has 3 rings (SSSR count). The molecule has 1 fully saturated rings. The normalized spacial score (nSPS) is 13.5. The summed E-state index contributed by atoms with van der Waals surface area (Å²) in [5.74, 6) is -0.369. The van der Waals surface area contributed by atoms with E-state index >= 15 is 0 Å². The molecule has 1 aliphatic carbocycles. The van der Waals surface area contributed by atoms with E-state index in [4.69, 9.17) is 0 Å². The molecule has 5 heteroatoms. The molecule has 0 aliphatic heterocycles. The van der Waals surface area contributed by atoms with Crippen LogP contribution in [0, 0.1) is 0 Å². The van der Waals surface area contributed by atoms with E-state index in [9.17, 15) is 9.59 Å². The molecule has 0 radical (unpaired) electrons. The van der Waals surface area contributed by atoms with Gasteiger partial charge >= 0.3 is 0 Å². The van der Waals surface area contributed by atoms with Crippen molar-refractivity contribution in [1.82, 2.24) is 5.32 Å². The van der Waals surface area contributed by atoms with Crippen molar-refractivity contribution in [1.29, 1.82) is 0 Å². The van der Waals surface area contributed by atoms with Crippen molar-refractivity contribution >= 4 is 33.4 Å². The Bertz CT molecular complexity index is 726. The molecular weight excluding hydrogens is 344 g/mol. The molecule has 112 valence electrons. The highest BCUT2D eigenvalue weighted by Crippen LogP contribution is 2.22. The van der Waals surface area contributed by atoms with Crippen LogP contribution in [0.5, 0.6) is 0 Å². The number of amides is 2. The Hall–Kier alpha value is -2.14. The Morgan fingerprint density at radius 1 is 0.955 bits per heavy atom. The molecule has 22 heavy (non-hydrogen) atoms. The molecule has 1 saturated carbocycles. The minimum atomic E-state index is -0.243. The Morgan fingerprint density at radius 2 is 1.64 bits per heavy atom. The van der Waals surface area contributed by atoms with Crippen LogP contribution in [0.2, 0.25) is 0 Å². The summed E-state index contributed by atoms with van der Waals surface area (Å²) >= 11 is 3.39. The van der Waals surface area contributed by atoms with E-state index in [1.54, 1.807) is 24.3 Å². The van der Waals surface area contributed by atoms with Crippen LogP contribution >= 0.6 is 15.9 Å². The maximum atomic E-state index is 12.3. The zero-order chi connectivity index (χ0) is 15.5. The fourth-order valence-electron chi connectivity index (χ4n) is 2.06. The number of benzene rings is 2. The highest BCUT2D eigenvalue weighted by molar-refractivity contribution is 9.10. The fraction of sp³-hybridized carbons (Fsp3) is 0.176. The first-order chi connectivity index (χ1) is 10.6. The van der Waals surface area contributed by atoms with Crippen molar-refractivity contribution in [3.63, 3.8) is 0 Å². The third kappa shape index (κ3) is 3.54. The zero-order valence-electron chi connectivity index (χ0n) is 11.8. The minimum absolute atomic E-state index is 0.127. The molecule has 2 aromatic carbocycles. The number of rotatable bonds is 4. The lowest BCUT2D eigenvalue weighted by atomic mass is 10.1. The third-order valence-electron chi connectivity index (χ3n) is 3.42. The van der Waals surface area contributed by atoms with Crippen molar-refractivity contribution in [3.8, 4) is 0 Å². The highest BCUT2D eigenvalue weighted by Gasteiger charge is 2.24. The van der Waals surface area contributed by atoms with Gasteiger partial charge in [-0.05, 0) is 59.1 Å². The number of nitrogens with one attached hydrogen (secondary N) is 2. The van der Waals surface area contributed by atoms with Crippen LogP contribution in [0.25, 0.3) is 0 Å². The molecule has 0 spiro atoms. The number of hydrogen-bond acceptors (Lipinski definition) is 2. The van der Waals surface area contributed by atoms with Gasteiger partial charge in [-0.3, -0.25) is 9.59 Å². The first kappa shape index (κ1) is 14.8. The van der Waals surface area contributed by atoms with Gasteiger partial charge < -0.3 is 10.6 Å². The van der Waals surface area contributed by atoms with Gasteiger partial charge in [0.15, 0.2) is 0 Å². The Morgan fingerprint density at radius 3 is 2.32 bits per heavy atom. The smallest absolute Gasteiger partial charge is 0.255 e. The van der Waals surface area contributed by atoms with E-state index in [0.717, 1.165) is 17.3 Å². The Kier molecular flexibility index (Phi) is 4.24. The largest absolute Gasteiger partial charge is 0.349 e. The van der Waals surface area contributed by atoms with Crippen molar-refractivity contribution in [2.24, 2.45) is 0 Å². The Balaban J connectivity index is 1.75. The van der Waals surface area contributed by atoms with Gasteiger partial charge in [0.1, 0.15) is 0 Å². The van der Waals surface area contributed by atoms with Crippen LogP contribution < -0.4 is 10.6 Å². The summed E-state index contributed by atoms with van der Waals surface area (Å²) in [5.41, 5.74) is 1.66. The highest BCUT2D eigenvalue weighted by atomic mass is 79.9. The molecule has 2 N–H and O–H groups in total. The summed E-state index contributed by atoms with van der Waals surface area (Å²) in [5, 5.41) is 5.75. The molecule has 0 saturated heterocycles. The molecule has 0 unspecified atom stereocenters. The van der Waals surface area contributed by atoms with E-state index in [1.165, 1.54) is 0 Å². The molecular formula is C17H15BrN2O2. The Labute approximate surface area is 137 Å². The molecule has 1 aliphatic rings. The predicted octanol–water partition coefficient (Wildman–Crippen LogP) is 3.59. The lowest BCUT2D eigenvalue weighted by Gasteiger charge is -2.08. The van der Waals surface area contributed by atoms with Gasteiger partial charge in [0.25, 0.3) is 11.8 Å². The van der Waals surface area contributed by atoms with Gasteiger partial charge in [-0.25, -0.2) is 0 Å². The summed E-state index contributed by atoms with van der Waals surface area (Å²) in [7, 11) is 0. The van der Waals surface area contributed by atoms with Gasteiger partial charge in [-0.2, -0.15) is 0 Å². The van der Waals surface area contributed by atoms with E-state index in [2.05, 4.69) is 26.6 Å². The lowest BCUT2D eigenvalue weighted by Crippen LogP contribution is -2.25. The van der Waals surface area contributed by atoms with Gasteiger partial charge in [0, 0.05) is 21.6 Å². The zero-order valence-corrected chi connectivity index (χ0v) is 13.4. The molecule has 0 aromatic heterocycles. The number of hydrogen-bond donors (Lipinski definition) is 2. The summed E-state index contributed by atoms with van der Waals surface area (Å²) in [6.45, 7) is 0. The number of carbonyl (C=O) groups is 2. The lowest BCUT2D eigenvalue weighted by molar-refractivity contribution is 0.0951. The summed E-state index contributed by atoms with van der Waals surface area (Å²) in [4.78, 5) is 24.3. The molecule has 0 atom stereocenters. The third-order valence-corrected chi connectivity index (χ3v) is 4.11. The van der Waals surface area contributed by atoms with Crippen molar-refractivity contribution in [3.05, 3.63) is 64.1 Å². The van der Waals surface area contributed by atoms with E-state index < -0.39 is 0 Å². The molecule has 0 heterocycles. The second kappa shape index (κ2) is 6.32. The SMILES string of the molecule is O=C(Nc1ccccc1Br)c1cccc(C(=O)NC2CC2)c1. The number of halogens is 1. The van der Waals surface area contributed by atoms with Crippen molar-refractivity contribution in [2.75, 3.05) is 5.32 Å². The van der Waals surface area contributed by atoms with Gasteiger partial charge in [0.2, 0.25) is 0 Å². The summed E-state index contributed by atoms with van der Waals surface area (Å²) in [6.07, 6.45) is 2.07. The average Bonchev–Trinajstić information content (AvgIpc) is 3.33. The second-order valence-electron chi connectivity index (χ2n) is 5.26. The van der Waals surface area contributed by atoms with E-state index in [1.807, 2.05) is 24.3 Å². The van der Waals surface area contributed by atoms with Crippen LogP contribution in [0.15, 0.2) is 53.0 Å². The predicted molar refractivity (Wildman–Crippen MR) is 89.0 cm³/mol. The molecule has 2 amide bonds. The quantitative estimate of drug-likeness (QED) is 0.877. The van der Waals surface area contributed by atoms with Crippen LogP contribution in [0.1, 0.15) is 33.6 Å². The number of carbonyl (C=O) groups excluding carboxylic acids is 2. The fourth-order valence-corrected chi connectivity index (χ4v) is 2.44. The summed E-state index contributed by atoms with van der Waals surface area (Å²) < 4.78 is 0.811. The van der Waals surface area contributed by atoms with Gasteiger partial charge in [0.05, 0.1) is 5.69 Å². The number of para-hydroxylation sites is 1. The van der Waals surface area contributed by atoms with Gasteiger partial charge in [-0.1, -0.05) is 18.2 Å². The van der Waals surface area contributed by atoms with E-state index in [0.29, 0.717) is 22.9 Å². The minimum Gasteiger partial charge on any atom is -0.349 e. The second-order valence-corrected chi connectivity index (χ2v) is 6.12. The van der Waals surface area contributed by atoms with Crippen LogP contribution in [0.4, 0.5) is 5.69 Å². The molecule has 4 nitrogen and oxygen atoms in total. The van der Waals surface area contributed by atoms with Crippen molar-refractivity contribution < 1.29 is 9.59 Å². The van der Waals surface area contributed by atoms with Crippen LogP contribution in [0.3, 0.4) is 0 Å². The topological polar surface area (TPSA) is 58.2 Å². The first-order valence-corrected chi connectivity index (χ1v) is 7.89. The van der Waals surface area contributed by atoms with E-state index in [-0.39, 0.29) is 11.8 Å². The van der Waals surface area contributed by atoms with Crippen LogP contribution in [-0.4, -0.2) is 17.9 Å². The maximum Gasteiger partial charge on any atom is 0.255 e. The standard InChI is InChI=1S/C17H15BrN2O2/c18-14-6-1-2-7-15(14)20-17(22)12-5-3-4-11(10-12)16(21)19-13-8-9-13/h1-7,10,13H,8-9H2,(H,19,21)(H,20,22). The average molecular weight is 359 g/mol. The first-order valence-electron chi connectivity index (χ1n) is 7.10.